The molecule has 1 aliphatic rings. The summed E-state index contributed by atoms with van der Waals surface area (Å²) in [4.78, 5) is 14.5. The van der Waals surface area contributed by atoms with Gasteiger partial charge in [0.05, 0.1) is 7.11 Å². The summed E-state index contributed by atoms with van der Waals surface area (Å²) in [6, 6.07) is 13.2. The van der Waals surface area contributed by atoms with E-state index in [9.17, 15) is 18.0 Å². The lowest BCUT2D eigenvalue weighted by Gasteiger charge is -2.36. The van der Waals surface area contributed by atoms with Crippen LogP contribution in [0.5, 0.6) is 5.75 Å². The van der Waals surface area contributed by atoms with Gasteiger partial charge in [-0.15, -0.1) is 0 Å². The standard InChI is InChI=1S/C25H30BrF3N2O2/c1-17(12-19-4-3-5-20(14-19)24(32)30-16-25(27,28)29)31-10-8-18(9-11-31)13-21-15-22(33-2)6-7-23(21)26/h3-7,14-15,17-18H,8-13,16H2,1-2H3,(H,30,32). The van der Waals surface area contributed by atoms with E-state index in [1.165, 1.54) is 5.56 Å². The lowest BCUT2D eigenvalue weighted by molar-refractivity contribution is -0.123. The second kappa shape index (κ2) is 11.4. The number of nitrogens with one attached hydrogen (secondary N) is 1. The summed E-state index contributed by atoms with van der Waals surface area (Å²) in [7, 11) is 1.68. The van der Waals surface area contributed by atoms with Crippen molar-refractivity contribution in [3.05, 3.63) is 63.6 Å². The van der Waals surface area contributed by atoms with Crippen LogP contribution in [-0.2, 0) is 12.8 Å². The molecule has 0 radical (unpaired) electrons. The molecule has 1 amide bonds. The number of hydrogen-bond acceptors (Lipinski definition) is 3. The fourth-order valence-electron chi connectivity index (χ4n) is 4.34. The second-order valence-electron chi connectivity index (χ2n) is 8.69. The molecular formula is C25H30BrF3N2O2. The highest BCUT2D eigenvalue weighted by Crippen LogP contribution is 2.29. The van der Waals surface area contributed by atoms with Gasteiger partial charge in [0.1, 0.15) is 12.3 Å². The monoisotopic (exact) mass is 526 g/mol. The largest absolute Gasteiger partial charge is 0.497 e. The second-order valence-corrected chi connectivity index (χ2v) is 9.55. The summed E-state index contributed by atoms with van der Waals surface area (Å²) in [5, 5.41) is 1.93. The highest BCUT2D eigenvalue weighted by atomic mass is 79.9. The molecule has 1 fully saturated rings. The molecule has 4 nitrogen and oxygen atoms in total. The summed E-state index contributed by atoms with van der Waals surface area (Å²) >= 11 is 3.64. The first-order chi connectivity index (χ1) is 15.6. The molecule has 2 aromatic rings. The minimum atomic E-state index is -4.42. The van der Waals surface area contributed by atoms with Crippen molar-refractivity contribution in [2.45, 2.75) is 44.8 Å². The number of likely N-dealkylation sites (tertiary alicyclic amines) is 1. The number of rotatable bonds is 8. The maximum absolute atomic E-state index is 12.4. The molecular weight excluding hydrogens is 497 g/mol. The molecule has 0 saturated carbocycles. The van der Waals surface area contributed by atoms with Gasteiger partial charge >= 0.3 is 6.18 Å². The lowest BCUT2D eigenvalue weighted by Crippen LogP contribution is -2.41. The van der Waals surface area contributed by atoms with E-state index in [0.717, 1.165) is 54.6 Å². The third-order valence-corrected chi connectivity index (χ3v) is 6.98. The molecule has 8 heteroatoms. The maximum atomic E-state index is 12.4. The highest BCUT2D eigenvalue weighted by molar-refractivity contribution is 9.10. The lowest BCUT2D eigenvalue weighted by atomic mass is 9.89. The zero-order valence-electron chi connectivity index (χ0n) is 18.9. The van der Waals surface area contributed by atoms with E-state index in [1.807, 2.05) is 23.5 Å². The van der Waals surface area contributed by atoms with Gasteiger partial charge < -0.3 is 15.0 Å². The number of halogens is 4. The number of carbonyl (C=O) groups excluding carboxylic acids is 1. The molecule has 0 aromatic heterocycles. The first kappa shape index (κ1) is 25.6. The molecule has 3 rings (SSSR count). The van der Waals surface area contributed by atoms with Crippen LogP contribution in [0.1, 0.15) is 41.3 Å². The van der Waals surface area contributed by atoms with Gasteiger partial charge in [-0.25, -0.2) is 0 Å². The van der Waals surface area contributed by atoms with Crippen molar-refractivity contribution in [2.75, 3.05) is 26.7 Å². The number of nitrogens with zero attached hydrogens (tertiary/aromatic N) is 1. The number of carbonyl (C=O) groups is 1. The van der Waals surface area contributed by atoms with Crippen molar-refractivity contribution in [1.82, 2.24) is 10.2 Å². The fourth-order valence-corrected chi connectivity index (χ4v) is 4.74. The number of benzene rings is 2. The number of piperidine rings is 1. The van der Waals surface area contributed by atoms with E-state index in [4.69, 9.17) is 4.74 Å². The Hall–Kier alpha value is -2.06. The van der Waals surface area contributed by atoms with E-state index in [-0.39, 0.29) is 11.6 Å². The summed E-state index contributed by atoms with van der Waals surface area (Å²) in [5.74, 6) is 0.775. The van der Waals surface area contributed by atoms with Gasteiger partial charge in [0.2, 0.25) is 0 Å². The predicted octanol–water partition coefficient (Wildman–Crippen LogP) is 5.64. The zero-order chi connectivity index (χ0) is 24.0. The molecule has 0 spiro atoms. The number of methoxy groups -OCH3 is 1. The minimum Gasteiger partial charge on any atom is -0.497 e. The van der Waals surface area contributed by atoms with Gasteiger partial charge in [0.15, 0.2) is 0 Å². The average molecular weight is 527 g/mol. The van der Waals surface area contributed by atoms with Crippen molar-refractivity contribution in [3.8, 4) is 5.75 Å². The van der Waals surface area contributed by atoms with Crippen LogP contribution in [0.3, 0.4) is 0 Å². The Balaban J connectivity index is 1.51. The SMILES string of the molecule is COc1ccc(Br)c(CC2CCN(C(C)Cc3cccc(C(=O)NCC(F)(F)F)c3)CC2)c1. The average Bonchev–Trinajstić information content (AvgIpc) is 2.79. The summed E-state index contributed by atoms with van der Waals surface area (Å²) in [6.45, 7) is 2.83. The minimum absolute atomic E-state index is 0.256. The quantitative estimate of drug-likeness (QED) is 0.484. The smallest absolute Gasteiger partial charge is 0.405 e. The molecule has 1 N–H and O–H groups in total. The molecule has 1 heterocycles. The van der Waals surface area contributed by atoms with Crippen LogP contribution in [0, 0.1) is 5.92 Å². The normalized spacial score (nSPS) is 16.4. The number of amides is 1. The zero-order valence-corrected chi connectivity index (χ0v) is 20.5. The van der Waals surface area contributed by atoms with Crippen molar-refractivity contribution in [2.24, 2.45) is 5.92 Å². The summed E-state index contributed by atoms with van der Waals surface area (Å²) in [6.07, 6.45) is -0.458. The predicted molar refractivity (Wildman–Crippen MR) is 127 cm³/mol. The highest BCUT2D eigenvalue weighted by Gasteiger charge is 2.28. The van der Waals surface area contributed by atoms with Crippen molar-refractivity contribution in [3.63, 3.8) is 0 Å². The van der Waals surface area contributed by atoms with E-state index in [0.29, 0.717) is 5.92 Å². The van der Waals surface area contributed by atoms with Crippen LogP contribution in [0.2, 0.25) is 0 Å². The Bertz CT molecular complexity index is 943. The third-order valence-electron chi connectivity index (χ3n) is 6.20. The maximum Gasteiger partial charge on any atom is 0.405 e. The Morgan fingerprint density at radius 2 is 1.94 bits per heavy atom. The first-order valence-electron chi connectivity index (χ1n) is 11.1. The molecule has 33 heavy (non-hydrogen) atoms. The van der Waals surface area contributed by atoms with Crippen LogP contribution in [0.15, 0.2) is 46.9 Å². The molecule has 2 aromatic carbocycles. The van der Waals surface area contributed by atoms with Crippen LogP contribution in [-0.4, -0.2) is 49.8 Å². The summed E-state index contributed by atoms with van der Waals surface area (Å²) in [5.41, 5.74) is 2.47. The molecule has 1 saturated heterocycles. The van der Waals surface area contributed by atoms with E-state index < -0.39 is 18.6 Å². The Labute approximate surface area is 201 Å². The topological polar surface area (TPSA) is 41.6 Å². The Morgan fingerprint density at radius 3 is 2.61 bits per heavy atom. The van der Waals surface area contributed by atoms with Gasteiger partial charge in [0.25, 0.3) is 5.91 Å². The van der Waals surface area contributed by atoms with Crippen LogP contribution in [0.4, 0.5) is 13.2 Å². The fraction of sp³-hybridized carbons (Fsp3) is 0.480. The van der Waals surface area contributed by atoms with Gasteiger partial charge in [-0.1, -0.05) is 28.1 Å². The van der Waals surface area contributed by atoms with Crippen LogP contribution < -0.4 is 10.1 Å². The Morgan fingerprint density at radius 1 is 1.21 bits per heavy atom. The van der Waals surface area contributed by atoms with E-state index >= 15 is 0 Å². The van der Waals surface area contributed by atoms with Gasteiger partial charge in [-0.05, 0) is 93.1 Å². The van der Waals surface area contributed by atoms with Crippen molar-refractivity contribution in [1.29, 1.82) is 0 Å². The van der Waals surface area contributed by atoms with E-state index in [2.05, 4.69) is 33.8 Å². The molecule has 1 aliphatic heterocycles. The molecule has 0 aliphatic carbocycles. The van der Waals surface area contributed by atoms with E-state index in [1.54, 1.807) is 25.3 Å². The molecule has 180 valence electrons. The van der Waals surface area contributed by atoms with Crippen molar-refractivity contribution < 1.29 is 22.7 Å². The molecule has 0 bridgehead atoms. The number of ether oxygens (including phenoxy) is 1. The van der Waals surface area contributed by atoms with Crippen LogP contribution >= 0.6 is 15.9 Å². The molecule has 1 atom stereocenters. The number of alkyl halides is 3. The van der Waals surface area contributed by atoms with Gasteiger partial charge in [-0.3, -0.25) is 4.79 Å². The molecule has 1 unspecified atom stereocenters. The van der Waals surface area contributed by atoms with Crippen LogP contribution in [0.25, 0.3) is 0 Å². The number of hydrogen-bond donors (Lipinski definition) is 1. The Kier molecular flexibility index (Phi) is 8.82. The summed E-state index contributed by atoms with van der Waals surface area (Å²) < 4.78 is 43.6. The first-order valence-corrected chi connectivity index (χ1v) is 11.9. The third kappa shape index (κ3) is 7.74. The van der Waals surface area contributed by atoms with Gasteiger partial charge in [0, 0.05) is 16.1 Å². The van der Waals surface area contributed by atoms with Crippen molar-refractivity contribution >= 4 is 21.8 Å². The van der Waals surface area contributed by atoms with Gasteiger partial charge in [-0.2, -0.15) is 13.2 Å².